The monoisotopic (exact) mass is 433 g/mol. The van der Waals surface area contributed by atoms with Crippen molar-refractivity contribution >= 4 is 11.9 Å². The van der Waals surface area contributed by atoms with Gasteiger partial charge in [-0.3, -0.25) is 14.5 Å². The minimum atomic E-state index is -0.345. The van der Waals surface area contributed by atoms with Gasteiger partial charge in [-0.05, 0) is 18.9 Å². The molecule has 2 unspecified atom stereocenters. The van der Waals surface area contributed by atoms with Crippen molar-refractivity contribution in [2.75, 3.05) is 58.9 Å². The molecule has 0 radical (unpaired) electrons. The van der Waals surface area contributed by atoms with Gasteiger partial charge in [0.1, 0.15) is 6.61 Å². The number of amides is 1. The molecule has 4 N–H and O–H groups in total. The van der Waals surface area contributed by atoms with E-state index >= 15 is 0 Å². The third kappa shape index (κ3) is 9.78. The van der Waals surface area contributed by atoms with E-state index in [1.54, 1.807) is 0 Å². The fourth-order valence-corrected chi connectivity index (χ4v) is 3.45. The lowest BCUT2D eigenvalue weighted by atomic mass is 10.1. The van der Waals surface area contributed by atoms with Gasteiger partial charge in [0.05, 0.1) is 12.0 Å². The summed E-state index contributed by atoms with van der Waals surface area (Å²) in [7, 11) is 0. The number of ether oxygens (including phenoxy) is 1. The molecule has 1 aromatic carbocycles. The third-order valence-corrected chi connectivity index (χ3v) is 5.61. The summed E-state index contributed by atoms with van der Waals surface area (Å²) in [6.45, 7) is 11.4. The van der Waals surface area contributed by atoms with Gasteiger partial charge in [0, 0.05) is 58.9 Å². The van der Waals surface area contributed by atoms with E-state index in [1.165, 1.54) is 0 Å². The molecule has 0 aliphatic carbocycles. The van der Waals surface area contributed by atoms with Crippen LogP contribution in [-0.4, -0.2) is 81.7 Å². The first-order valence-corrected chi connectivity index (χ1v) is 11.5. The Morgan fingerprint density at radius 2 is 1.58 bits per heavy atom. The number of nitrogens with one attached hydrogen (secondary N) is 4. The average molecular weight is 434 g/mol. The van der Waals surface area contributed by atoms with Crippen LogP contribution in [0, 0.1) is 5.92 Å². The van der Waals surface area contributed by atoms with Gasteiger partial charge in [-0.25, -0.2) is 0 Å². The number of nitrogens with zero attached hydrogens (tertiary/aromatic N) is 1. The summed E-state index contributed by atoms with van der Waals surface area (Å²) in [5.74, 6) is -0.669. The Kier molecular flexibility index (Phi) is 12.2. The first-order chi connectivity index (χ1) is 15.1. The Morgan fingerprint density at radius 3 is 2.16 bits per heavy atom. The summed E-state index contributed by atoms with van der Waals surface area (Å²) >= 11 is 0. The lowest BCUT2D eigenvalue weighted by Gasteiger charge is -2.29. The zero-order valence-corrected chi connectivity index (χ0v) is 19.0. The molecule has 0 aromatic heterocycles. The van der Waals surface area contributed by atoms with Gasteiger partial charge in [0.25, 0.3) is 0 Å². The molecule has 1 saturated heterocycles. The van der Waals surface area contributed by atoms with E-state index in [0.29, 0.717) is 13.0 Å². The third-order valence-electron chi connectivity index (χ3n) is 5.61. The van der Waals surface area contributed by atoms with E-state index < -0.39 is 0 Å². The molecule has 1 heterocycles. The van der Waals surface area contributed by atoms with E-state index in [4.69, 9.17) is 4.74 Å². The van der Waals surface area contributed by atoms with Gasteiger partial charge in [-0.2, -0.15) is 0 Å². The number of esters is 1. The topological polar surface area (TPSA) is 94.7 Å². The molecule has 0 spiro atoms. The average Bonchev–Trinajstić information content (AvgIpc) is 2.78. The molecule has 1 amide bonds. The molecule has 0 bridgehead atoms. The van der Waals surface area contributed by atoms with Gasteiger partial charge in [0.2, 0.25) is 5.91 Å². The maximum atomic E-state index is 12.8. The lowest BCUT2D eigenvalue weighted by Crippen LogP contribution is -2.51. The summed E-state index contributed by atoms with van der Waals surface area (Å²) in [5, 5.41) is 13.2. The number of carbonyl (C=O) groups excluding carboxylic acids is 2. The SMILES string of the molecule is CCC(CNC(=O)C(C)N1CCNCCNCCNCC1)C(=O)OCc1ccccc1. The normalized spacial score (nSPS) is 18.8. The van der Waals surface area contributed by atoms with Crippen LogP contribution in [0.3, 0.4) is 0 Å². The number of hydrogen-bond donors (Lipinski definition) is 4. The predicted molar refractivity (Wildman–Crippen MR) is 123 cm³/mol. The zero-order chi connectivity index (χ0) is 22.3. The van der Waals surface area contributed by atoms with Crippen molar-refractivity contribution in [3.05, 3.63) is 35.9 Å². The molecule has 0 saturated carbocycles. The van der Waals surface area contributed by atoms with Crippen molar-refractivity contribution in [1.29, 1.82) is 0 Å². The smallest absolute Gasteiger partial charge is 0.311 e. The van der Waals surface area contributed by atoms with Crippen molar-refractivity contribution in [1.82, 2.24) is 26.2 Å². The molecular weight excluding hydrogens is 394 g/mol. The van der Waals surface area contributed by atoms with E-state index in [9.17, 15) is 9.59 Å². The molecule has 1 aliphatic rings. The Hall–Kier alpha value is -2.00. The summed E-state index contributed by atoms with van der Waals surface area (Å²) in [5.41, 5.74) is 0.955. The highest BCUT2D eigenvalue weighted by atomic mass is 16.5. The second kappa shape index (κ2) is 14.9. The maximum Gasteiger partial charge on any atom is 0.311 e. The maximum absolute atomic E-state index is 12.8. The van der Waals surface area contributed by atoms with Crippen molar-refractivity contribution in [3.63, 3.8) is 0 Å². The molecule has 2 atom stereocenters. The summed E-state index contributed by atoms with van der Waals surface area (Å²) in [4.78, 5) is 27.4. The van der Waals surface area contributed by atoms with Crippen molar-refractivity contribution < 1.29 is 14.3 Å². The van der Waals surface area contributed by atoms with Crippen LogP contribution >= 0.6 is 0 Å². The van der Waals surface area contributed by atoms with Crippen molar-refractivity contribution in [3.8, 4) is 0 Å². The van der Waals surface area contributed by atoms with Crippen LogP contribution in [0.15, 0.2) is 30.3 Å². The highest BCUT2D eigenvalue weighted by Crippen LogP contribution is 2.08. The fourth-order valence-electron chi connectivity index (χ4n) is 3.45. The lowest BCUT2D eigenvalue weighted by molar-refractivity contribution is -0.150. The molecular formula is C23H39N5O3. The first-order valence-electron chi connectivity index (χ1n) is 11.5. The Balaban J connectivity index is 1.79. The van der Waals surface area contributed by atoms with E-state index in [-0.39, 0.29) is 30.4 Å². The predicted octanol–water partition coefficient (Wildman–Crippen LogP) is 0.345. The van der Waals surface area contributed by atoms with E-state index in [1.807, 2.05) is 44.2 Å². The fraction of sp³-hybridized carbons (Fsp3) is 0.652. The van der Waals surface area contributed by atoms with Crippen LogP contribution in [0.4, 0.5) is 0 Å². The van der Waals surface area contributed by atoms with Crippen molar-refractivity contribution in [2.24, 2.45) is 5.92 Å². The van der Waals surface area contributed by atoms with Crippen LogP contribution < -0.4 is 21.3 Å². The van der Waals surface area contributed by atoms with Gasteiger partial charge >= 0.3 is 5.97 Å². The number of hydrogen-bond acceptors (Lipinski definition) is 7. The number of benzene rings is 1. The quantitative estimate of drug-likeness (QED) is 0.440. The number of carbonyl (C=O) groups is 2. The Labute approximate surface area is 186 Å². The molecule has 1 aromatic rings. The van der Waals surface area contributed by atoms with Crippen LogP contribution in [0.5, 0.6) is 0 Å². The standard InChI is InChI=1S/C23H39N5O3/c1-3-21(23(30)31-18-20-7-5-4-6-8-20)17-27-22(29)19(2)28-15-13-25-11-9-24-10-12-26-14-16-28/h4-8,19,21,24-26H,3,9-18H2,1-2H3,(H,27,29). The van der Waals surface area contributed by atoms with E-state index in [2.05, 4.69) is 26.2 Å². The first kappa shape index (κ1) is 25.3. The van der Waals surface area contributed by atoms with Crippen LogP contribution in [0.1, 0.15) is 25.8 Å². The molecule has 1 aliphatic heterocycles. The van der Waals surface area contributed by atoms with Gasteiger partial charge in [-0.1, -0.05) is 37.3 Å². The second-order valence-corrected chi connectivity index (χ2v) is 7.91. The van der Waals surface area contributed by atoms with Gasteiger partial charge < -0.3 is 26.0 Å². The highest BCUT2D eigenvalue weighted by Gasteiger charge is 2.24. The van der Waals surface area contributed by atoms with Crippen LogP contribution in [0.2, 0.25) is 0 Å². The van der Waals surface area contributed by atoms with Crippen LogP contribution in [-0.2, 0) is 20.9 Å². The summed E-state index contributed by atoms with van der Waals surface area (Å²) in [6, 6.07) is 9.36. The molecule has 1 fully saturated rings. The second-order valence-electron chi connectivity index (χ2n) is 7.91. The number of rotatable bonds is 8. The van der Waals surface area contributed by atoms with Gasteiger partial charge in [0.15, 0.2) is 0 Å². The molecule has 2 rings (SSSR count). The largest absolute Gasteiger partial charge is 0.461 e. The molecule has 8 nitrogen and oxygen atoms in total. The zero-order valence-electron chi connectivity index (χ0n) is 19.0. The highest BCUT2D eigenvalue weighted by molar-refractivity contribution is 5.82. The summed E-state index contributed by atoms with van der Waals surface area (Å²) in [6.07, 6.45) is 0.619. The van der Waals surface area contributed by atoms with Gasteiger partial charge in [-0.15, -0.1) is 0 Å². The molecule has 8 heteroatoms. The summed E-state index contributed by atoms with van der Waals surface area (Å²) < 4.78 is 5.45. The minimum Gasteiger partial charge on any atom is -0.461 e. The van der Waals surface area contributed by atoms with Crippen LogP contribution in [0.25, 0.3) is 0 Å². The van der Waals surface area contributed by atoms with Crippen molar-refractivity contribution in [2.45, 2.75) is 32.9 Å². The molecule has 174 valence electrons. The minimum absolute atomic E-state index is 0.0527. The Bertz CT molecular complexity index is 631. The van der Waals surface area contributed by atoms with E-state index in [0.717, 1.165) is 57.9 Å². The Morgan fingerprint density at radius 1 is 1.00 bits per heavy atom. The molecule has 31 heavy (non-hydrogen) atoms.